The van der Waals surface area contributed by atoms with Crippen molar-refractivity contribution in [2.75, 3.05) is 12.4 Å². The van der Waals surface area contributed by atoms with E-state index in [-0.39, 0.29) is 11.6 Å². The average Bonchev–Trinajstić information content (AvgIpc) is 2.55. The predicted molar refractivity (Wildman–Crippen MR) is 85.5 cm³/mol. The van der Waals surface area contributed by atoms with Crippen LogP contribution < -0.4 is 10.1 Å². The molecule has 0 aliphatic rings. The van der Waals surface area contributed by atoms with Crippen LogP contribution in [0, 0.1) is 0 Å². The number of aromatic nitrogens is 2. The van der Waals surface area contributed by atoms with E-state index in [9.17, 15) is 4.79 Å². The molecule has 0 bridgehead atoms. The highest BCUT2D eigenvalue weighted by molar-refractivity contribution is 6.30. The molecule has 2 aromatic carbocycles. The van der Waals surface area contributed by atoms with Gasteiger partial charge >= 0.3 is 0 Å². The Labute approximate surface area is 131 Å². The van der Waals surface area contributed by atoms with Crippen LogP contribution in [0.1, 0.15) is 10.5 Å². The SMILES string of the molecule is COc1nc2ccccc2nc1C(=O)Nc1ccc(Cl)cc1. The highest BCUT2D eigenvalue weighted by Crippen LogP contribution is 2.20. The summed E-state index contributed by atoms with van der Waals surface area (Å²) in [6.07, 6.45) is 0. The smallest absolute Gasteiger partial charge is 0.279 e. The number of rotatable bonds is 3. The van der Waals surface area contributed by atoms with Crippen molar-refractivity contribution in [1.82, 2.24) is 9.97 Å². The standard InChI is InChI=1S/C16H12ClN3O2/c1-22-16-14(19-12-4-2-3-5-13(12)20-16)15(21)18-11-8-6-10(17)7-9-11/h2-9H,1H3,(H,18,21). The summed E-state index contributed by atoms with van der Waals surface area (Å²) in [6, 6.07) is 14.1. The fraction of sp³-hybridized carbons (Fsp3) is 0.0625. The number of fused-ring (bicyclic) bond motifs is 1. The van der Waals surface area contributed by atoms with Crippen molar-refractivity contribution in [1.29, 1.82) is 0 Å². The quantitative estimate of drug-likeness (QED) is 0.803. The van der Waals surface area contributed by atoms with Crippen LogP contribution in [-0.2, 0) is 0 Å². The first kappa shape index (κ1) is 14.3. The van der Waals surface area contributed by atoms with Gasteiger partial charge in [0.05, 0.1) is 18.1 Å². The molecule has 0 fully saturated rings. The first-order valence-corrected chi connectivity index (χ1v) is 6.93. The Hall–Kier alpha value is -2.66. The number of hydrogen-bond acceptors (Lipinski definition) is 4. The Balaban J connectivity index is 1.97. The van der Waals surface area contributed by atoms with E-state index in [2.05, 4.69) is 15.3 Å². The Morgan fingerprint density at radius 2 is 1.68 bits per heavy atom. The molecule has 6 heteroatoms. The second-order valence-corrected chi connectivity index (χ2v) is 4.97. The number of para-hydroxylation sites is 2. The van der Waals surface area contributed by atoms with E-state index < -0.39 is 5.91 Å². The third kappa shape index (κ3) is 2.84. The molecule has 1 aromatic heterocycles. The van der Waals surface area contributed by atoms with Gasteiger partial charge in [0.2, 0.25) is 5.88 Å². The Morgan fingerprint density at radius 1 is 1.05 bits per heavy atom. The highest BCUT2D eigenvalue weighted by atomic mass is 35.5. The van der Waals surface area contributed by atoms with Gasteiger partial charge in [0.1, 0.15) is 0 Å². The van der Waals surface area contributed by atoms with Crippen LogP contribution in [0.3, 0.4) is 0 Å². The summed E-state index contributed by atoms with van der Waals surface area (Å²) in [5, 5.41) is 3.34. The molecule has 0 atom stereocenters. The number of hydrogen-bond donors (Lipinski definition) is 1. The molecule has 0 aliphatic carbocycles. The number of nitrogens with one attached hydrogen (secondary N) is 1. The zero-order valence-corrected chi connectivity index (χ0v) is 12.5. The van der Waals surface area contributed by atoms with Gasteiger partial charge < -0.3 is 10.1 Å². The number of nitrogens with zero attached hydrogens (tertiary/aromatic N) is 2. The van der Waals surface area contributed by atoms with E-state index in [1.165, 1.54) is 7.11 Å². The zero-order valence-electron chi connectivity index (χ0n) is 11.7. The summed E-state index contributed by atoms with van der Waals surface area (Å²) in [5.41, 5.74) is 2.05. The molecule has 1 amide bonds. The second kappa shape index (κ2) is 5.99. The number of halogens is 1. The molecular formula is C16H12ClN3O2. The summed E-state index contributed by atoms with van der Waals surface area (Å²) < 4.78 is 5.18. The van der Waals surface area contributed by atoms with E-state index in [0.717, 1.165) is 0 Å². The molecule has 22 heavy (non-hydrogen) atoms. The first-order chi connectivity index (χ1) is 10.7. The van der Waals surface area contributed by atoms with Gasteiger partial charge in [-0.2, -0.15) is 0 Å². The van der Waals surface area contributed by atoms with Crippen LogP contribution in [0.4, 0.5) is 5.69 Å². The maximum atomic E-state index is 12.4. The van der Waals surface area contributed by atoms with E-state index in [1.54, 1.807) is 30.3 Å². The molecule has 0 saturated carbocycles. The molecule has 1 heterocycles. The fourth-order valence-electron chi connectivity index (χ4n) is 2.00. The number of carbonyl (C=O) groups excluding carboxylic acids is 1. The monoisotopic (exact) mass is 313 g/mol. The fourth-order valence-corrected chi connectivity index (χ4v) is 2.12. The lowest BCUT2D eigenvalue weighted by Gasteiger charge is -2.09. The van der Waals surface area contributed by atoms with Crippen molar-refractivity contribution in [3.8, 4) is 5.88 Å². The van der Waals surface area contributed by atoms with Crippen LogP contribution in [0.5, 0.6) is 5.88 Å². The van der Waals surface area contributed by atoms with Gasteiger partial charge in [0.15, 0.2) is 5.69 Å². The molecule has 3 rings (SSSR count). The van der Waals surface area contributed by atoms with Crippen LogP contribution in [-0.4, -0.2) is 23.0 Å². The van der Waals surface area contributed by atoms with E-state index in [1.807, 2.05) is 18.2 Å². The first-order valence-electron chi connectivity index (χ1n) is 6.55. The van der Waals surface area contributed by atoms with Gasteiger partial charge in [0.25, 0.3) is 5.91 Å². The maximum absolute atomic E-state index is 12.4. The van der Waals surface area contributed by atoms with Gasteiger partial charge in [-0.25, -0.2) is 9.97 Å². The number of carbonyl (C=O) groups is 1. The molecule has 0 saturated heterocycles. The van der Waals surface area contributed by atoms with E-state index in [4.69, 9.17) is 16.3 Å². The summed E-state index contributed by atoms with van der Waals surface area (Å²) in [6.45, 7) is 0. The lowest BCUT2D eigenvalue weighted by Crippen LogP contribution is -2.16. The molecule has 0 radical (unpaired) electrons. The van der Waals surface area contributed by atoms with Crippen LogP contribution >= 0.6 is 11.6 Å². The van der Waals surface area contributed by atoms with Crippen LogP contribution in [0.2, 0.25) is 5.02 Å². The van der Waals surface area contributed by atoms with Crippen molar-refractivity contribution >= 4 is 34.2 Å². The number of amides is 1. The summed E-state index contributed by atoms with van der Waals surface area (Å²) >= 11 is 5.82. The molecular weight excluding hydrogens is 302 g/mol. The highest BCUT2D eigenvalue weighted by Gasteiger charge is 2.17. The lowest BCUT2D eigenvalue weighted by atomic mass is 10.2. The molecule has 0 aliphatic heterocycles. The number of ether oxygens (including phenoxy) is 1. The minimum atomic E-state index is -0.391. The number of anilines is 1. The molecule has 0 unspecified atom stereocenters. The van der Waals surface area contributed by atoms with Gasteiger partial charge in [0, 0.05) is 10.7 Å². The van der Waals surface area contributed by atoms with E-state index >= 15 is 0 Å². The normalized spacial score (nSPS) is 10.5. The molecule has 110 valence electrons. The zero-order chi connectivity index (χ0) is 15.5. The summed E-state index contributed by atoms with van der Waals surface area (Å²) in [5.74, 6) is -0.206. The molecule has 0 spiro atoms. The Kier molecular flexibility index (Phi) is 3.89. The Bertz CT molecular complexity index is 834. The van der Waals surface area contributed by atoms with Gasteiger partial charge in [-0.3, -0.25) is 4.79 Å². The number of benzene rings is 2. The molecule has 1 N–H and O–H groups in total. The van der Waals surface area contributed by atoms with Crippen LogP contribution in [0.25, 0.3) is 11.0 Å². The van der Waals surface area contributed by atoms with Crippen molar-refractivity contribution in [2.24, 2.45) is 0 Å². The van der Waals surface area contributed by atoms with Crippen molar-refractivity contribution < 1.29 is 9.53 Å². The van der Waals surface area contributed by atoms with Crippen molar-refractivity contribution in [3.63, 3.8) is 0 Å². The minimum Gasteiger partial charge on any atom is -0.479 e. The molecule has 3 aromatic rings. The summed E-state index contributed by atoms with van der Waals surface area (Å²) in [4.78, 5) is 21.0. The van der Waals surface area contributed by atoms with Crippen molar-refractivity contribution in [3.05, 3.63) is 59.2 Å². The number of methoxy groups -OCH3 is 1. The third-order valence-corrected chi connectivity index (χ3v) is 3.30. The second-order valence-electron chi connectivity index (χ2n) is 4.53. The predicted octanol–water partition coefficient (Wildman–Crippen LogP) is 3.54. The lowest BCUT2D eigenvalue weighted by molar-refractivity contribution is 0.101. The van der Waals surface area contributed by atoms with E-state index in [0.29, 0.717) is 21.7 Å². The maximum Gasteiger partial charge on any atom is 0.279 e. The largest absolute Gasteiger partial charge is 0.479 e. The van der Waals surface area contributed by atoms with Crippen molar-refractivity contribution in [2.45, 2.75) is 0 Å². The third-order valence-electron chi connectivity index (χ3n) is 3.05. The van der Waals surface area contributed by atoms with Crippen LogP contribution in [0.15, 0.2) is 48.5 Å². The average molecular weight is 314 g/mol. The minimum absolute atomic E-state index is 0.135. The molecule has 5 nitrogen and oxygen atoms in total. The van der Waals surface area contributed by atoms with Gasteiger partial charge in [-0.1, -0.05) is 23.7 Å². The summed E-state index contributed by atoms with van der Waals surface area (Å²) in [7, 11) is 1.46. The van der Waals surface area contributed by atoms with Gasteiger partial charge in [-0.05, 0) is 36.4 Å². The van der Waals surface area contributed by atoms with Gasteiger partial charge in [-0.15, -0.1) is 0 Å². The Morgan fingerprint density at radius 3 is 2.32 bits per heavy atom. The topological polar surface area (TPSA) is 64.1 Å².